The zero-order valence-electron chi connectivity index (χ0n) is 11.1. The predicted octanol–water partition coefficient (Wildman–Crippen LogP) is 1.95. The summed E-state index contributed by atoms with van der Waals surface area (Å²) < 4.78 is 3.85. The Hall–Kier alpha value is -1.78. The molecule has 0 spiro atoms. The van der Waals surface area contributed by atoms with Crippen LogP contribution >= 0.6 is 0 Å². The molecule has 0 radical (unpaired) electrons. The molecule has 0 bridgehead atoms. The van der Waals surface area contributed by atoms with Crippen molar-refractivity contribution in [2.24, 2.45) is 14.1 Å². The predicted molar refractivity (Wildman–Crippen MR) is 70.5 cm³/mol. The molecule has 0 amide bonds. The minimum absolute atomic E-state index is 0.699. The van der Waals surface area contributed by atoms with Crippen LogP contribution in [0.15, 0.2) is 12.3 Å². The molecule has 96 valence electrons. The smallest absolute Gasteiger partial charge is 0.124 e. The molecule has 0 aromatic carbocycles. The summed E-state index contributed by atoms with van der Waals surface area (Å²) in [7, 11) is 3.97. The van der Waals surface area contributed by atoms with Gasteiger partial charge in [-0.25, -0.2) is 0 Å². The van der Waals surface area contributed by atoms with E-state index in [0.717, 1.165) is 12.4 Å². The van der Waals surface area contributed by atoms with Crippen LogP contribution in [0.25, 0.3) is 0 Å². The van der Waals surface area contributed by atoms with Gasteiger partial charge in [-0.05, 0) is 25.3 Å². The van der Waals surface area contributed by atoms with Crippen LogP contribution in [0.2, 0.25) is 0 Å². The first-order valence-electron chi connectivity index (χ1n) is 6.40. The number of nitrogens with one attached hydrogen (secondary N) is 1. The summed E-state index contributed by atoms with van der Waals surface area (Å²) in [6.45, 7) is 2.87. The van der Waals surface area contributed by atoms with Crippen molar-refractivity contribution in [3.63, 3.8) is 0 Å². The highest BCUT2D eigenvalue weighted by Gasteiger charge is 2.26. The molecule has 2 aromatic rings. The Labute approximate surface area is 107 Å². The van der Waals surface area contributed by atoms with E-state index in [9.17, 15) is 0 Å². The van der Waals surface area contributed by atoms with Crippen LogP contribution in [0.4, 0.5) is 5.82 Å². The Kier molecular flexibility index (Phi) is 2.61. The molecule has 0 atom stereocenters. The van der Waals surface area contributed by atoms with E-state index in [0.29, 0.717) is 5.92 Å². The largest absolute Gasteiger partial charge is 0.365 e. The minimum Gasteiger partial charge on any atom is -0.365 e. The SMILES string of the molecule is Cc1cnn(C)c1CNc1cc(C2CC2)nn1C. The van der Waals surface area contributed by atoms with Crippen molar-refractivity contribution in [3.05, 3.63) is 29.2 Å². The topological polar surface area (TPSA) is 47.7 Å². The van der Waals surface area contributed by atoms with E-state index >= 15 is 0 Å². The van der Waals surface area contributed by atoms with E-state index in [1.807, 2.05) is 29.7 Å². The number of anilines is 1. The molecule has 5 nitrogen and oxygen atoms in total. The molecule has 1 saturated carbocycles. The zero-order chi connectivity index (χ0) is 12.7. The third-order valence-electron chi connectivity index (χ3n) is 3.60. The number of nitrogens with zero attached hydrogens (tertiary/aromatic N) is 4. The normalized spacial score (nSPS) is 15.1. The van der Waals surface area contributed by atoms with Crippen molar-refractivity contribution >= 4 is 5.82 Å². The quantitative estimate of drug-likeness (QED) is 0.895. The van der Waals surface area contributed by atoms with E-state index in [-0.39, 0.29) is 0 Å². The molecule has 2 heterocycles. The summed E-state index contributed by atoms with van der Waals surface area (Å²) in [5.41, 5.74) is 3.65. The molecule has 0 unspecified atom stereocenters. The van der Waals surface area contributed by atoms with Crippen LogP contribution in [-0.2, 0) is 20.6 Å². The number of hydrogen-bond acceptors (Lipinski definition) is 3. The molecule has 2 aromatic heterocycles. The van der Waals surface area contributed by atoms with Crippen LogP contribution < -0.4 is 5.32 Å². The summed E-state index contributed by atoms with van der Waals surface area (Å²) in [4.78, 5) is 0. The molecular formula is C13H19N5. The van der Waals surface area contributed by atoms with Crippen LogP contribution in [0.3, 0.4) is 0 Å². The van der Waals surface area contributed by atoms with Gasteiger partial charge < -0.3 is 5.32 Å². The lowest BCUT2D eigenvalue weighted by Crippen LogP contribution is -2.09. The summed E-state index contributed by atoms with van der Waals surface area (Å²) in [6.07, 6.45) is 4.48. The Morgan fingerprint density at radius 2 is 2.11 bits per heavy atom. The highest BCUT2D eigenvalue weighted by atomic mass is 15.3. The maximum Gasteiger partial charge on any atom is 0.124 e. The molecule has 1 aliphatic carbocycles. The Morgan fingerprint density at radius 3 is 2.72 bits per heavy atom. The first-order chi connectivity index (χ1) is 8.65. The van der Waals surface area contributed by atoms with Crippen molar-refractivity contribution in [3.8, 4) is 0 Å². The standard InChI is InChI=1S/C13H19N5/c1-9-7-15-17(2)12(9)8-14-13-6-11(10-4-5-10)16-18(13)3/h6-7,10,14H,4-5,8H2,1-3H3. The molecule has 0 aliphatic heterocycles. The van der Waals surface area contributed by atoms with Gasteiger partial charge in [0.05, 0.1) is 24.1 Å². The first kappa shape index (κ1) is 11.3. The monoisotopic (exact) mass is 245 g/mol. The third kappa shape index (κ3) is 2.00. The van der Waals surface area contributed by atoms with Crippen molar-refractivity contribution in [2.45, 2.75) is 32.2 Å². The lowest BCUT2D eigenvalue weighted by Gasteiger charge is -2.07. The Balaban J connectivity index is 1.73. The highest BCUT2D eigenvalue weighted by molar-refractivity contribution is 5.39. The van der Waals surface area contributed by atoms with Gasteiger partial charge in [0.1, 0.15) is 5.82 Å². The third-order valence-corrected chi connectivity index (χ3v) is 3.60. The summed E-state index contributed by atoms with van der Waals surface area (Å²) in [5.74, 6) is 1.78. The second-order valence-electron chi connectivity index (χ2n) is 5.10. The van der Waals surface area contributed by atoms with Crippen molar-refractivity contribution in [1.29, 1.82) is 0 Å². The molecule has 1 aliphatic rings. The minimum atomic E-state index is 0.699. The second-order valence-corrected chi connectivity index (χ2v) is 5.10. The van der Waals surface area contributed by atoms with Crippen LogP contribution in [-0.4, -0.2) is 19.6 Å². The van der Waals surface area contributed by atoms with Gasteiger partial charge in [0.2, 0.25) is 0 Å². The summed E-state index contributed by atoms with van der Waals surface area (Å²) >= 11 is 0. The van der Waals surface area contributed by atoms with E-state index in [2.05, 4.69) is 28.5 Å². The Bertz CT molecular complexity index is 542. The number of aryl methyl sites for hydroxylation is 3. The molecule has 1 N–H and O–H groups in total. The molecular weight excluding hydrogens is 226 g/mol. The number of hydrogen-bond donors (Lipinski definition) is 1. The van der Waals surface area contributed by atoms with E-state index < -0.39 is 0 Å². The van der Waals surface area contributed by atoms with E-state index in [4.69, 9.17) is 0 Å². The molecule has 1 fully saturated rings. The summed E-state index contributed by atoms with van der Waals surface area (Å²) in [6, 6.07) is 2.17. The van der Waals surface area contributed by atoms with E-state index in [1.54, 1.807) is 0 Å². The van der Waals surface area contributed by atoms with Gasteiger partial charge in [-0.15, -0.1) is 0 Å². The van der Waals surface area contributed by atoms with Crippen molar-refractivity contribution in [2.75, 3.05) is 5.32 Å². The molecule has 5 heteroatoms. The summed E-state index contributed by atoms with van der Waals surface area (Å²) in [5, 5.41) is 12.2. The Morgan fingerprint density at radius 1 is 1.33 bits per heavy atom. The average Bonchev–Trinajstić information content (AvgIpc) is 3.06. The maximum absolute atomic E-state index is 4.55. The van der Waals surface area contributed by atoms with Gasteiger partial charge in [-0.3, -0.25) is 9.36 Å². The van der Waals surface area contributed by atoms with Crippen LogP contribution in [0, 0.1) is 6.92 Å². The van der Waals surface area contributed by atoms with Gasteiger partial charge in [0.15, 0.2) is 0 Å². The van der Waals surface area contributed by atoms with Crippen molar-refractivity contribution < 1.29 is 0 Å². The van der Waals surface area contributed by atoms with Crippen molar-refractivity contribution in [1.82, 2.24) is 19.6 Å². The van der Waals surface area contributed by atoms with Gasteiger partial charge in [0, 0.05) is 26.1 Å². The van der Waals surface area contributed by atoms with Crippen LogP contribution in [0.5, 0.6) is 0 Å². The highest BCUT2D eigenvalue weighted by Crippen LogP contribution is 2.39. The molecule has 18 heavy (non-hydrogen) atoms. The lowest BCUT2D eigenvalue weighted by atomic mass is 10.2. The zero-order valence-corrected chi connectivity index (χ0v) is 11.1. The lowest BCUT2D eigenvalue weighted by molar-refractivity contribution is 0.709. The number of rotatable bonds is 4. The maximum atomic E-state index is 4.55. The average molecular weight is 245 g/mol. The van der Waals surface area contributed by atoms with Gasteiger partial charge in [0.25, 0.3) is 0 Å². The van der Waals surface area contributed by atoms with E-state index in [1.165, 1.54) is 29.8 Å². The molecule has 3 rings (SSSR count). The molecule has 0 saturated heterocycles. The fourth-order valence-corrected chi connectivity index (χ4v) is 2.23. The fourth-order valence-electron chi connectivity index (χ4n) is 2.23. The first-order valence-corrected chi connectivity index (χ1v) is 6.40. The second kappa shape index (κ2) is 4.15. The van der Waals surface area contributed by atoms with Crippen LogP contribution in [0.1, 0.15) is 35.7 Å². The fraction of sp³-hybridized carbons (Fsp3) is 0.538. The number of aromatic nitrogens is 4. The van der Waals surface area contributed by atoms with Gasteiger partial charge >= 0.3 is 0 Å². The van der Waals surface area contributed by atoms with Gasteiger partial charge in [-0.2, -0.15) is 10.2 Å². The van der Waals surface area contributed by atoms with Gasteiger partial charge in [-0.1, -0.05) is 0 Å².